The van der Waals surface area contributed by atoms with Gasteiger partial charge in [-0.05, 0) is 30.5 Å². The van der Waals surface area contributed by atoms with Crippen molar-refractivity contribution in [1.29, 1.82) is 0 Å². The third-order valence-electron chi connectivity index (χ3n) is 3.43. The summed E-state index contributed by atoms with van der Waals surface area (Å²) in [5.41, 5.74) is 8.07. The van der Waals surface area contributed by atoms with Gasteiger partial charge < -0.3 is 10.5 Å². The molecule has 1 aromatic heterocycles. The highest BCUT2D eigenvalue weighted by Crippen LogP contribution is 2.32. The molecule has 0 atom stereocenters. The smallest absolute Gasteiger partial charge is 0.101 e. The highest BCUT2D eigenvalue weighted by atomic mass is 32.2. The third-order valence-corrected chi connectivity index (χ3v) is 4.81. The van der Waals surface area contributed by atoms with Crippen molar-refractivity contribution in [3.05, 3.63) is 35.9 Å². The van der Waals surface area contributed by atoms with Crippen LogP contribution in [0.5, 0.6) is 0 Å². The van der Waals surface area contributed by atoms with Gasteiger partial charge in [-0.15, -0.1) is 11.8 Å². The molecule has 0 unspecified atom stereocenters. The molecule has 1 aliphatic rings. The van der Waals surface area contributed by atoms with Crippen molar-refractivity contribution in [2.24, 2.45) is 5.73 Å². The number of ether oxygens (including phenoxy) is 1. The molecule has 0 radical (unpaired) electrons. The minimum Gasteiger partial charge on any atom is -0.381 e. The monoisotopic (exact) mass is 274 g/mol. The molecule has 2 N–H and O–H groups in total. The molecule has 3 rings (SSSR count). The first-order valence-electron chi connectivity index (χ1n) is 6.70. The van der Waals surface area contributed by atoms with E-state index in [1.54, 1.807) is 0 Å². The quantitative estimate of drug-likeness (QED) is 0.935. The van der Waals surface area contributed by atoms with Crippen LogP contribution < -0.4 is 5.73 Å². The Bertz CT molecular complexity index is 567. The van der Waals surface area contributed by atoms with Gasteiger partial charge in [0.05, 0.1) is 5.52 Å². The van der Waals surface area contributed by atoms with Gasteiger partial charge in [-0.1, -0.05) is 18.2 Å². The Hall–Kier alpha value is -1.10. The predicted molar refractivity (Wildman–Crippen MR) is 79.3 cm³/mol. The third kappa shape index (κ3) is 2.91. The van der Waals surface area contributed by atoms with E-state index in [1.165, 1.54) is 5.39 Å². The van der Waals surface area contributed by atoms with E-state index in [4.69, 9.17) is 15.5 Å². The maximum Gasteiger partial charge on any atom is 0.101 e. The van der Waals surface area contributed by atoms with Crippen LogP contribution in [0.2, 0.25) is 0 Å². The Morgan fingerprint density at radius 3 is 2.84 bits per heavy atom. The zero-order valence-corrected chi connectivity index (χ0v) is 11.7. The second-order valence-corrected chi connectivity index (χ2v) is 6.07. The van der Waals surface area contributed by atoms with E-state index in [9.17, 15) is 0 Å². The van der Waals surface area contributed by atoms with E-state index in [0.717, 1.165) is 42.2 Å². The minimum atomic E-state index is 0.545. The van der Waals surface area contributed by atoms with Gasteiger partial charge in [0.2, 0.25) is 0 Å². The van der Waals surface area contributed by atoms with Gasteiger partial charge in [-0.25, -0.2) is 4.98 Å². The van der Waals surface area contributed by atoms with Crippen molar-refractivity contribution < 1.29 is 4.74 Å². The molecule has 100 valence electrons. The lowest BCUT2D eigenvalue weighted by Crippen LogP contribution is -2.18. The maximum absolute atomic E-state index is 5.87. The van der Waals surface area contributed by atoms with Crippen LogP contribution in [-0.2, 0) is 11.3 Å². The standard InChI is InChI=1S/C15H18N2OS/c16-10-12-9-11-3-1-2-4-14(11)17-15(12)19-13-5-7-18-8-6-13/h1-4,9,13H,5-8,10,16H2. The fourth-order valence-electron chi connectivity index (χ4n) is 2.34. The SMILES string of the molecule is NCc1cc2ccccc2nc1SC1CCOCC1. The number of benzene rings is 1. The zero-order chi connectivity index (χ0) is 13.1. The van der Waals surface area contributed by atoms with E-state index in [1.807, 2.05) is 23.9 Å². The largest absolute Gasteiger partial charge is 0.381 e. The number of fused-ring (bicyclic) bond motifs is 1. The van der Waals surface area contributed by atoms with Crippen molar-refractivity contribution in [2.75, 3.05) is 13.2 Å². The Kier molecular flexibility index (Phi) is 4.01. The summed E-state index contributed by atoms with van der Waals surface area (Å²) in [6.07, 6.45) is 2.20. The lowest BCUT2D eigenvalue weighted by Gasteiger charge is -2.22. The number of para-hydroxylation sites is 1. The summed E-state index contributed by atoms with van der Waals surface area (Å²) in [4.78, 5) is 4.78. The minimum absolute atomic E-state index is 0.545. The topological polar surface area (TPSA) is 48.1 Å². The average Bonchev–Trinajstić information content (AvgIpc) is 2.47. The van der Waals surface area contributed by atoms with Gasteiger partial charge in [-0.2, -0.15) is 0 Å². The molecule has 0 aliphatic carbocycles. The molecule has 2 aromatic rings. The summed E-state index contributed by atoms with van der Waals surface area (Å²) in [7, 11) is 0. The number of thioether (sulfide) groups is 1. The van der Waals surface area contributed by atoms with Crippen molar-refractivity contribution >= 4 is 22.7 Å². The van der Waals surface area contributed by atoms with Crippen LogP contribution in [-0.4, -0.2) is 23.4 Å². The second kappa shape index (κ2) is 5.90. The van der Waals surface area contributed by atoms with Crippen molar-refractivity contribution in [3.63, 3.8) is 0 Å². The summed E-state index contributed by atoms with van der Waals surface area (Å²) in [6.45, 7) is 2.27. The number of nitrogens with two attached hydrogens (primary N) is 1. The Balaban J connectivity index is 1.91. The van der Waals surface area contributed by atoms with Crippen molar-refractivity contribution in [1.82, 2.24) is 4.98 Å². The first kappa shape index (κ1) is 12.9. The summed E-state index contributed by atoms with van der Waals surface area (Å²) in [6, 6.07) is 10.4. The van der Waals surface area contributed by atoms with E-state index in [2.05, 4.69) is 18.2 Å². The summed E-state index contributed by atoms with van der Waals surface area (Å²) < 4.78 is 5.41. The van der Waals surface area contributed by atoms with Gasteiger partial charge >= 0.3 is 0 Å². The summed E-state index contributed by atoms with van der Waals surface area (Å²) in [5, 5.41) is 2.86. The lowest BCUT2D eigenvalue weighted by atomic mass is 10.1. The first-order valence-corrected chi connectivity index (χ1v) is 7.58. The molecule has 1 fully saturated rings. The van der Waals surface area contributed by atoms with Gasteiger partial charge in [0.1, 0.15) is 5.03 Å². The molecule has 0 spiro atoms. The van der Waals surface area contributed by atoms with Crippen LogP contribution in [0.15, 0.2) is 35.4 Å². The molecule has 1 aliphatic heterocycles. The molecule has 2 heterocycles. The summed E-state index contributed by atoms with van der Waals surface area (Å²) in [5.74, 6) is 0. The van der Waals surface area contributed by atoms with Crippen LogP contribution in [0.25, 0.3) is 10.9 Å². The fourth-order valence-corrected chi connectivity index (χ4v) is 3.53. The number of nitrogens with zero attached hydrogens (tertiary/aromatic N) is 1. The number of rotatable bonds is 3. The molecule has 0 saturated carbocycles. The van der Waals surface area contributed by atoms with Crippen molar-refractivity contribution in [3.8, 4) is 0 Å². The predicted octanol–water partition coefficient (Wildman–Crippen LogP) is 2.96. The molecule has 4 heteroatoms. The van der Waals surface area contributed by atoms with Gasteiger partial charge in [0, 0.05) is 30.4 Å². The van der Waals surface area contributed by atoms with E-state index in [0.29, 0.717) is 11.8 Å². The molecular formula is C15H18N2OS. The average molecular weight is 274 g/mol. The number of hydrogen-bond acceptors (Lipinski definition) is 4. The first-order chi connectivity index (χ1) is 9.36. The Morgan fingerprint density at radius 1 is 1.26 bits per heavy atom. The number of aromatic nitrogens is 1. The Morgan fingerprint density at radius 2 is 2.05 bits per heavy atom. The fraction of sp³-hybridized carbons (Fsp3) is 0.400. The Labute approximate surface area is 117 Å². The van der Waals surface area contributed by atoms with Gasteiger partial charge in [0.15, 0.2) is 0 Å². The molecular weight excluding hydrogens is 256 g/mol. The molecule has 1 aromatic carbocycles. The maximum atomic E-state index is 5.87. The van der Waals surface area contributed by atoms with Crippen LogP contribution in [0.1, 0.15) is 18.4 Å². The van der Waals surface area contributed by atoms with Gasteiger partial charge in [0.25, 0.3) is 0 Å². The highest BCUT2D eigenvalue weighted by Gasteiger charge is 2.17. The lowest BCUT2D eigenvalue weighted by molar-refractivity contribution is 0.1000. The zero-order valence-electron chi connectivity index (χ0n) is 10.8. The van der Waals surface area contributed by atoms with Crippen LogP contribution >= 0.6 is 11.8 Å². The molecule has 1 saturated heterocycles. The van der Waals surface area contributed by atoms with Crippen LogP contribution in [0.3, 0.4) is 0 Å². The normalized spacial score (nSPS) is 16.9. The second-order valence-electron chi connectivity index (χ2n) is 4.78. The van der Waals surface area contributed by atoms with Gasteiger partial charge in [-0.3, -0.25) is 0 Å². The molecule has 0 bridgehead atoms. The number of hydrogen-bond donors (Lipinski definition) is 1. The molecule has 0 amide bonds. The highest BCUT2D eigenvalue weighted by molar-refractivity contribution is 7.99. The van der Waals surface area contributed by atoms with E-state index in [-0.39, 0.29) is 0 Å². The van der Waals surface area contributed by atoms with E-state index >= 15 is 0 Å². The molecule has 3 nitrogen and oxygen atoms in total. The van der Waals surface area contributed by atoms with Crippen LogP contribution in [0, 0.1) is 0 Å². The number of pyridine rings is 1. The molecule has 19 heavy (non-hydrogen) atoms. The summed E-state index contributed by atoms with van der Waals surface area (Å²) >= 11 is 1.86. The van der Waals surface area contributed by atoms with Crippen molar-refractivity contribution in [2.45, 2.75) is 29.7 Å². The van der Waals surface area contributed by atoms with E-state index < -0.39 is 0 Å². The van der Waals surface area contributed by atoms with Crippen LogP contribution in [0.4, 0.5) is 0 Å².